The molecule has 0 radical (unpaired) electrons. The van der Waals surface area contributed by atoms with Crippen LogP contribution < -0.4 is 0 Å². The monoisotopic (exact) mass is 282 g/mol. The largest absolute Gasteiger partial charge is 0.487 e. The molecule has 0 saturated carbocycles. The fraction of sp³-hybridized carbons (Fsp3) is 0.429. The number of rotatable bonds is 2. The zero-order chi connectivity index (χ0) is 14.3. The quantitative estimate of drug-likeness (QED) is 0.760. The fourth-order valence-corrected chi connectivity index (χ4v) is 2.02. The van der Waals surface area contributed by atoms with E-state index in [1.807, 2.05) is 27.7 Å². The van der Waals surface area contributed by atoms with Crippen LogP contribution in [0.2, 0.25) is 5.02 Å². The zero-order valence-corrected chi connectivity index (χ0v) is 12.3. The van der Waals surface area contributed by atoms with Crippen molar-refractivity contribution in [2.75, 3.05) is 0 Å². The highest BCUT2D eigenvalue weighted by Gasteiger charge is 2.49. The number of hydrogen-bond donors (Lipinski definition) is 0. The van der Waals surface area contributed by atoms with Crippen LogP contribution in [0.4, 0.5) is 4.39 Å². The van der Waals surface area contributed by atoms with Crippen molar-refractivity contribution in [3.05, 3.63) is 40.6 Å². The highest BCUT2D eigenvalue weighted by atomic mass is 35.5. The second kappa shape index (κ2) is 4.93. The standard InChI is InChI=1S/C14H17BClFO2/c1-13(2)14(3,4)19-15(18-13)8-7-10-5-6-11(17)9-12(10)16/h5-9H,1-4H3/b8-7+. The summed E-state index contributed by atoms with van der Waals surface area (Å²) in [6, 6.07) is 4.28. The molecule has 1 aromatic carbocycles. The van der Waals surface area contributed by atoms with Gasteiger partial charge in [-0.1, -0.05) is 29.7 Å². The Morgan fingerprint density at radius 1 is 1.16 bits per heavy atom. The molecule has 2 rings (SSSR count). The number of halogens is 2. The van der Waals surface area contributed by atoms with E-state index in [2.05, 4.69) is 0 Å². The van der Waals surface area contributed by atoms with E-state index in [9.17, 15) is 4.39 Å². The first-order valence-corrected chi connectivity index (χ1v) is 6.58. The average Bonchev–Trinajstić information content (AvgIpc) is 2.46. The van der Waals surface area contributed by atoms with Gasteiger partial charge in [-0.3, -0.25) is 0 Å². The fourth-order valence-electron chi connectivity index (χ4n) is 1.79. The Kier molecular flexibility index (Phi) is 3.78. The molecular weight excluding hydrogens is 265 g/mol. The van der Waals surface area contributed by atoms with E-state index in [4.69, 9.17) is 20.9 Å². The summed E-state index contributed by atoms with van der Waals surface area (Å²) in [7, 11) is -0.425. The van der Waals surface area contributed by atoms with Gasteiger partial charge in [0.25, 0.3) is 0 Å². The molecule has 19 heavy (non-hydrogen) atoms. The van der Waals surface area contributed by atoms with Crippen molar-refractivity contribution < 1.29 is 13.7 Å². The van der Waals surface area contributed by atoms with Crippen LogP contribution >= 0.6 is 11.6 Å². The molecule has 0 bridgehead atoms. The summed E-state index contributed by atoms with van der Waals surface area (Å²) in [5, 5.41) is 0.368. The van der Waals surface area contributed by atoms with Crippen molar-refractivity contribution in [3.63, 3.8) is 0 Å². The van der Waals surface area contributed by atoms with Gasteiger partial charge in [0.15, 0.2) is 0 Å². The normalized spacial score (nSPS) is 21.3. The average molecular weight is 283 g/mol. The maximum atomic E-state index is 12.9. The minimum atomic E-state index is -0.425. The highest BCUT2D eigenvalue weighted by molar-refractivity contribution is 6.52. The Balaban J connectivity index is 2.13. The summed E-state index contributed by atoms with van der Waals surface area (Å²) in [4.78, 5) is 0. The molecule has 0 atom stereocenters. The number of hydrogen-bond acceptors (Lipinski definition) is 2. The van der Waals surface area contributed by atoms with E-state index < -0.39 is 7.12 Å². The molecule has 1 aromatic rings. The van der Waals surface area contributed by atoms with Crippen LogP contribution in [0.15, 0.2) is 24.2 Å². The van der Waals surface area contributed by atoms with Gasteiger partial charge in [-0.25, -0.2) is 4.39 Å². The molecule has 0 spiro atoms. The van der Waals surface area contributed by atoms with Gasteiger partial charge in [0.05, 0.1) is 16.2 Å². The molecule has 1 fully saturated rings. The van der Waals surface area contributed by atoms with Gasteiger partial charge in [0.1, 0.15) is 5.82 Å². The maximum Gasteiger partial charge on any atom is 0.487 e. The summed E-state index contributed by atoms with van der Waals surface area (Å²) in [5.41, 5.74) is 0.00111. The minimum absolute atomic E-state index is 0.349. The predicted molar refractivity (Wildman–Crippen MR) is 76.5 cm³/mol. The van der Waals surface area contributed by atoms with E-state index in [0.717, 1.165) is 5.56 Å². The van der Waals surface area contributed by atoms with Crippen LogP contribution in [-0.4, -0.2) is 18.3 Å². The van der Waals surface area contributed by atoms with Gasteiger partial charge in [-0.15, -0.1) is 0 Å². The molecule has 0 N–H and O–H groups in total. The molecular formula is C14H17BClFO2. The molecule has 1 heterocycles. The Morgan fingerprint density at radius 2 is 1.74 bits per heavy atom. The SMILES string of the molecule is CC1(C)OB(/C=C/c2ccc(F)cc2Cl)OC1(C)C. The second-order valence-corrected chi connectivity index (χ2v) is 6.06. The highest BCUT2D eigenvalue weighted by Crippen LogP contribution is 2.37. The van der Waals surface area contributed by atoms with Crippen molar-refractivity contribution >= 4 is 24.8 Å². The zero-order valence-electron chi connectivity index (χ0n) is 11.5. The van der Waals surface area contributed by atoms with Gasteiger partial charge in [0, 0.05) is 0 Å². The third kappa shape index (κ3) is 3.02. The summed E-state index contributed by atoms with van der Waals surface area (Å²) < 4.78 is 24.6. The molecule has 0 aliphatic carbocycles. The van der Waals surface area contributed by atoms with Crippen molar-refractivity contribution in [1.82, 2.24) is 0 Å². The van der Waals surface area contributed by atoms with Crippen molar-refractivity contribution in [2.24, 2.45) is 0 Å². The van der Waals surface area contributed by atoms with E-state index in [-0.39, 0.29) is 17.0 Å². The second-order valence-electron chi connectivity index (χ2n) is 5.65. The van der Waals surface area contributed by atoms with Gasteiger partial charge >= 0.3 is 7.12 Å². The lowest BCUT2D eigenvalue weighted by Crippen LogP contribution is -2.41. The van der Waals surface area contributed by atoms with Gasteiger partial charge < -0.3 is 9.31 Å². The Labute approximate surface area is 118 Å². The summed E-state index contributed by atoms with van der Waals surface area (Å²) in [6.07, 6.45) is 1.78. The lowest BCUT2D eigenvalue weighted by molar-refractivity contribution is 0.00578. The van der Waals surface area contributed by atoms with Crippen LogP contribution in [0.1, 0.15) is 33.3 Å². The smallest absolute Gasteiger partial charge is 0.400 e. The number of benzene rings is 1. The first kappa shape index (κ1) is 14.6. The molecule has 0 unspecified atom stereocenters. The molecule has 102 valence electrons. The first-order chi connectivity index (χ1) is 8.71. The molecule has 0 aromatic heterocycles. The molecule has 1 aliphatic rings. The van der Waals surface area contributed by atoms with Crippen molar-refractivity contribution in [1.29, 1.82) is 0 Å². The maximum absolute atomic E-state index is 12.9. The Bertz CT molecular complexity index is 498. The van der Waals surface area contributed by atoms with E-state index in [0.29, 0.717) is 5.02 Å². The predicted octanol–water partition coefficient (Wildman–Crippen LogP) is 4.12. The third-order valence-electron chi connectivity index (χ3n) is 3.67. The molecule has 1 saturated heterocycles. The van der Waals surface area contributed by atoms with Crippen LogP contribution in [0.5, 0.6) is 0 Å². The lowest BCUT2D eigenvalue weighted by Gasteiger charge is -2.32. The summed E-state index contributed by atoms with van der Waals surface area (Å²) in [6.45, 7) is 7.97. The van der Waals surface area contributed by atoms with E-state index in [1.54, 1.807) is 18.1 Å². The van der Waals surface area contributed by atoms with E-state index >= 15 is 0 Å². The van der Waals surface area contributed by atoms with E-state index in [1.165, 1.54) is 12.1 Å². The molecule has 2 nitrogen and oxygen atoms in total. The van der Waals surface area contributed by atoms with Crippen LogP contribution in [0, 0.1) is 5.82 Å². The van der Waals surface area contributed by atoms with Gasteiger partial charge in [0.2, 0.25) is 0 Å². The lowest BCUT2D eigenvalue weighted by atomic mass is 9.89. The van der Waals surface area contributed by atoms with Crippen molar-refractivity contribution in [2.45, 2.75) is 38.9 Å². The Hall–Kier alpha value is -0.835. The van der Waals surface area contributed by atoms with Crippen LogP contribution in [0.3, 0.4) is 0 Å². The molecule has 5 heteroatoms. The summed E-state index contributed by atoms with van der Waals surface area (Å²) in [5.74, 6) is 1.44. The first-order valence-electron chi connectivity index (χ1n) is 6.20. The van der Waals surface area contributed by atoms with Crippen molar-refractivity contribution in [3.8, 4) is 0 Å². The topological polar surface area (TPSA) is 18.5 Å². The van der Waals surface area contributed by atoms with Gasteiger partial charge in [-0.05, 0) is 45.4 Å². The third-order valence-corrected chi connectivity index (χ3v) is 3.99. The Morgan fingerprint density at radius 3 is 2.26 bits per heavy atom. The van der Waals surface area contributed by atoms with Crippen LogP contribution in [0.25, 0.3) is 6.08 Å². The summed E-state index contributed by atoms with van der Waals surface area (Å²) >= 11 is 5.95. The minimum Gasteiger partial charge on any atom is -0.400 e. The van der Waals surface area contributed by atoms with Gasteiger partial charge in [-0.2, -0.15) is 0 Å². The molecule has 0 amide bonds. The van der Waals surface area contributed by atoms with Crippen LogP contribution in [-0.2, 0) is 9.31 Å². The molecule has 1 aliphatic heterocycles.